The molecule has 1 unspecified atom stereocenters. The summed E-state index contributed by atoms with van der Waals surface area (Å²) in [5, 5.41) is 12.0. The van der Waals surface area contributed by atoms with Crippen LogP contribution in [0.3, 0.4) is 0 Å². The highest BCUT2D eigenvalue weighted by molar-refractivity contribution is 6.34. The van der Waals surface area contributed by atoms with E-state index < -0.39 is 34.3 Å². The maximum Gasteiger partial charge on any atom is 0.437 e. The maximum absolute atomic E-state index is 13.0. The van der Waals surface area contributed by atoms with Crippen LogP contribution in [0, 0.1) is 10.1 Å². The summed E-state index contributed by atoms with van der Waals surface area (Å²) < 4.78 is 43.2. The average Bonchev–Trinajstić information content (AvgIpc) is 2.38. The zero-order valence-corrected chi connectivity index (χ0v) is 12.5. The first kappa shape index (κ1) is 18.7. The SMILES string of the molecule is CC(=O)OC(C)(C(=O)Nc1ccc([N+](=O)[O-])cc1Cl)C(F)(F)F. The van der Waals surface area contributed by atoms with Gasteiger partial charge in [-0.2, -0.15) is 13.2 Å². The van der Waals surface area contributed by atoms with Gasteiger partial charge in [0.1, 0.15) is 0 Å². The number of hydrogen-bond donors (Lipinski definition) is 1. The number of nitro benzene ring substituents is 1. The molecule has 126 valence electrons. The number of ether oxygens (including phenoxy) is 1. The highest BCUT2D eigenvalue weighted by Gasteiger charge is 2.60. The molecule has 23 heavy (non-hydrogen) atoms. The third-order valence-electron chi connectivity index (χ3n) is 2.73. The van der Waals surface area contributed by atoms with Gasteiger partial charge < -0.3 is 10.1 Å². The maximum atomic E-state index is 13.0. The molecule has 0 spiro atoms. The Morgan fingerprint density at radius 3 is 2.30 bits per heavy atom. The molecular formula is C12H10ClF3N2O5. The van der Waals surface area contributed by atoms with Crippen LogP contribution in [-0.4, -0.2) is 28.6 Å². The van der Waals surface area contributed by atoms with Gasteiger partial charge in [0.15, 0.2) is 0 Å². The second-order valence-electron chi connectivity index (χ2n) is 4.50. The molecule has 1 amide bonds. The van der Waals surface area contributed by atoms with Gasteiger partial charge in [-0.3, -0.25) is 19.7 Å². The number of anilines is 1. The summed E-state index contributed by atoms with van der Waals surface area (Å²) in [5.41, 5.74) is -4.15. The van der Waals surface area contributed by atoms with Gasteiger partial charge in [0.2, 0.25) is 0 Å². The lowest BCUT2D eigenvalue weighted by atomic mass is 10.0. The average molecular weight is 355 g/mol. The minimum atomic E-state index is -5.18. The van der Waals surface area contributed by atoms with E-state index in [1.165, 1.54) is 0 Å². The van der Waals surface area contributed by atoms with Crippen molar-refractivity contribution in [3.63, 3.8) is 0 Å². The number of alkyl halides is 3. The standard InChI is InChI=1S/C12H10ClF3N2O5/c1-6(19)23-11(2,12(14,15)16)10(20)17-9-4-3-7(18(21)22)5-8(9)13/h3-5H,1-2H3,(H,17,20). The zero-order chi connectivity index (χ0) is 18.0. The first-order chi connectivity index (χ1) is 10.4. The summed E-state index contributed by atoms with van der Waals surface area (Å²) in [6, 6.07) is 2.76. The molecule has 0 aliphatic rings. The molecule has 1 aromatic rings. The monoisotopic (exact) mass is 354 g/mol. The Labute approximate surface area is 132 Å². The summed E-state index contributed by atoms with van der Waals surface area (Å²) in [4.78, 5) is 32.5. The van der Waals surface area contributed by atoms with Crippen molar-refractivity contribution in [2.75, 3.05) is 5.32 Å². The molecular weight excluding hydrogens is 345 g/mol. The van der Waals surface area contributed by atoms with Crippen molar-refractivity contribution in [2.45, 2.75) is 25.6 Å². The van der Waals surface area contributed by atoms with Gasteiger partial charge in [0.05, 0.1) is 15.6 Å². The third-order valence-corrected chi connectivity index (χ3v) is 3.05. The smallest absolute Gasteiger partial charge is 0.437 e. The van der Waals surface area contributed by atoms with Crippen molar-refractivity contribution in [3.05, 3.63) is 33.3 Å². The van der Waals surface area contributed by atoms with Gasteiger partial charge in [-0.05, 0) is 13.0 Å². The summed E-state index contributed by atoms with van der Waals surface area (Å²) in [6.07, 6.45) is -5.18. The molecule has 0 heterocycles. The van der Waals surface area contributed by atoms with Gasteiger partial charge in [-0.1, -0.05) is 11.6 Å². The van der Waals surface area contributed by atoms with Gasteiger partial charge in [-0.15, -0.1) is 0 Å². The Morgan fingerprint density at radius 1 is 1.35 bits per heavy atom. The van der Waals surface area contributed by atoms with Gasteiger partial charge in [0, 0.05) is 19.1 Å². The van der Waals surface area contributed by atoms with Crippen LogP contribution in [0.4, 0.5) is 24.5 Å². The molecule has 11 heteroatoms. The molecule has 7 nitrogen and oxygen atoms in total. The summed E-state index contributed by atoms with van der Waals surface area (Å²) in [6.45, 7) is 1.10. The molecule has 0 aromatic heterocycles. The first-order valence-electron chi connectivity index (χ1n) is 5.90. The van der Waals surface area contributed by atoms with Crippen molar-refractivity contribution >= 4 is 34.9 Å². The molecule has 0 bridgehead atoms. The fourth-order valence-corrected chi connectivity index (χ4v) is 1.70. The van der Waals surface area contributed by atoms with E-state index >= 15 is 0 Å². The molecule has 0 aliphatic carbocycles. The number of rotatable bonds is 4. The number of carbonyl (C=O) groups is 2. The zero-order valence-electron chi connectivity index (χ0n) is 11.7. The van der Waals surface area contributed by atoms with Crippen molar-refractivity contribution in [1.29, 1.82) is 0 Å². The second kappa shape index (κ2) is 6.41. The minimum Gasteiger partial charge on any atom is -0.439 e. The number of hydrogen-bond acceptors (Lipinski definition) is 5. The Morgan fingerprint density at radius 2 is 1.91 bits per heavy atom. The number of nitro groups is 1. The van der Waals surface area contributed by atoms with E-state index in [0.717, 1.165) is 25.1 Å². The Hall–Kier alpha value is -2.36. The molecule has 1 N–H and O–H groups in total. The van der Waals surface area contributed by atoms with Crippen LogP contribution in [0.2, 0.25) is 5.02 Å². The van der Waals surface area contributed by atoms with E-state index in [9.17, 15) is 32.9 Å². The van der Waals surface area contributed by atoms with Crippen LogP contribution in [-0.2, 0) is 14.3 Å². The van der Waals surface area contributed by atoms with Crippen LogP contribution in [0.5, 0.6) is 0 Å². The number of carbonyl (C=O) groups excluding carboxylic acids is 2. The Balaban J connectivity index is 3.13. The topological polar surface area (TPSA) is 98.5 Å². The molecule has 1 rings (SSSR count). The van der Waals surface area contributed by atoms with E-state index in [1.54, 1.807) is 0 Å². The lowest BCUT2D eigenvalue weighted by Crippen LogP contribution is -2.55. The molecule has 0 saturated heterocycles. The van der Waals surface area contributed by atoms with Crippen molar-refractivity contribution in [1.82, 2.24) is 0 Å². The van der Waals surface area contributed by atoms with Crippen LogP contribution < -0.4 is 5.32 Å². The van der Waals surface area contributed by atoms with Crippen LogP contribution >= 0.6 is 11.6 Å². The minimum absolute atomic E-state index is 0.301. The summed E-state index contributed by atoms with van der Waals surface area (Å²) in [5.74, 6) is -3.01. The number of esters is 1. The van der Waals surface area contributed by atoms with Crippen LogP contribution in [0.1, 0.15) is 13.8 Å². The summed E-state index contributed by atoms with van der Waals surface area (Å²) in [7, 11) is 0. The van der Waals surface area contributed by atoms with Gasteiger partial charge in [-0.25, -0.2) is 0 Å². The number of amides is 1. The molecule has 0 aliphatic heterocycles. The highest BCUT2D eigenvalue weighted by Crippen LogP contribution is 2.36. The molecule has 1 atom stereocenters. The van der Waals surface area contributed by atoms with E-state index in [1.807, 2.05) is 5.32 Å². The Kier molecular flexibility index (Phi) is 5.20. The quantitative estimate of drug-likeness (QED) is 0.509. The predicted octanol–water partition coefficient (Wildman–Crippen LogP) is 3.07. The molecule has 0 fully saturated rings. The van der Waals surface area contributed by atoms with Gasteiger partial charge in [0.25, 0.3) is 17.2 Å². The number of nitrogens with one attached hydrogen (secondary N) is 1. The Bertz CT molecular complexity index is 665. The predicted molar refractivity (Wildman–Crippen MR) is 73.0 cm³/mol. The van der Waals surface area contributed by atoms with Crippen molar-refractivity contribution < 1.29 is 32.4 Å². The molecule has 0 saturated carbocycles. The molecule has 1 aromatic carbocycles. The number of nitrogens with zero attached hydrogens (tertiary/aromatic N) is 1. The fraction of sp³-hybridized carbons (Fsp3) is 0.333. The molecule has 0 radical (unpaired) electrons. The van der Waals surface area contributed by atoms with Gasteiger partial charge >= 0.3 is 12.1 Å². The fourth-order valence-electron chi connectivity index (χ4n) is 1.48. The second-order valence-corrected chi connectivity index (χ2v) is 4.91. The largest absolute Gasteiger partial charge is 0.439 e. The lowest BCUT2D eigenvalue weighted by molar-refractivity contribution is -0.384. The summed E-state index contributed by atoms with van der Waals surface area (Å²) >= 11 is 5.68. The van der Waals surface area contributed by atoms with E-state index in [4.69, 9.17) is 11.6 Å². The van der Waals surface area contributed by atoms with Crippen LogP contribution in [0.15, 0.2) is 18.2 Å². The first-order valence-corrected chi connectivity index (χ1v) is 6.28. The number of halogens is 4. The van der Waals surface area contributed by atoms with E-state index in [0.29, 0.717) is 6.92 Å². The van der Waals surface area contributed by atoms with Crippen molar-refractivity contribution in [3.8, 4) is 0 Å². The van der Waals surface area contributed by atoms with E-state index in [-0.39, 0.29) is 10.7 Å². The van der Waals surface area contributed by atoms with E-state index in [2.05, 4.69) is 4.74 Å². The van der Waals surface area contributed by atoms with Crippen LogP contribution in [0.25, 0.3) is 0 Å². The third kappa shape index (κ3) is 4.09. The van der Waals surface area contributed by atoms with Crippen molar-refractivity contribution in [2.24, 2.45) is 0 Å². The number of benzene rings is 1. The number of non-ortho nitro benzene ring substituents is 1. The normalized spacial score (nSPS) is 13.8. The highest BCUT2D eigenvalue weighted by atomic mass is 35.5. The lowest BCUT2D eigenvalue weighted by Gasteiger charge is -2.29.